The number of aliphatic carboxylic acids is 1. The first-order chi connectivity index (χ1) is 17.6. The molecule has 0 aliphatic carbocycles. The minimum absolute atomic E-state index is 0.0529. The van der Waals surface area contributed by atoms with Crippen molar-refractivity contribution < 1.29 is 27.8 Å². The van der Waals surface area contributed by atoms with Crippen molar-refractivity contribution in [3.05, 3.63) is 83.9 Å². The Morgan fingerprint density at radius 3 is 2.46 bits per heavy atom. The molecule has 0 amide bonds. The van der Waals surface area contributed by atoms with E-state index in [2.05, 4.69) is 15.0 Å². The van der Waals surface area contributed by atoms with Gasteiger partial charge in [0.05, 0.1) is 13.7 Å². The van der Waals surface area contributed by atoms with Gasteiger partial charge in [-0.15, -0.1) is 0 Å². The van der Waals surface area contributed by atoms with Crippen molar-refractivity contribution in [2.75, 3.05) is 20.2 Å². The lowest BCUT2D eigenvalue weighted by atomic mass is 9.81. The van der Waals surface area contributed by atoms with E-state index in [0.717, 1.165) is 6.92 Å². The van der Waals surface area contributed by atoms with Crippen LogP contribution >= 0.6 is 0 Å². The first kappa shape index (κ1) is 25.7. The van der Waals surface area contributed by atoms with Gasteiger partial charge in [-0.1, -0.05) is 30.3 Å². The van der Waals surface area contributed by atoms with Crippen LogP contribution in [-0.2, 0) is 10.3 Å². The monoisotopic (exact) mass is 511 g/mol. The van der Waals surface area contributed by atoms with Gasteiger partial charge < -0.3 is 15.6 Å². The van der Waals surface area contributed by atoms with Crippen molar-refractivity contribution >= 4 is 17.8 Å². The number of amidine groups is 1. The molecule has 2 aliphatic rings. The normalized spacial score (nSPS) is 19.6. The number of carbonyl (C=O) groups is 1. The Morgan fingerprint density at radius 1 is 1.11 bits per heavy atom. The van der Waals surface area contributed by atoms with Crippen LogP contribution in [0.4, 0.5) is 13.2 Å². The minimum Gasteiger partial charge on any atom is -0.494 e. The molecule has 37 heavy (non-hydrogen) atoms. The van der Waals surface area contributed by atoms with Gasteiger partial charge in [0.2, 0.25) is 0 Å². The van der Waals surface area contributed by atoms with Crippen LogP contribution < -0.4 is 10.5 Å². The summed E-state index contributed by atoms with van der Waals surface area (Å²) in [6.45, 7) is -0.198. The second-order valence-corrected chi connectivity index (χ2v) is 8.42. The molecule has 0 radical (unpaired) electrons. The summed E-state index contributed by atoms with van der Waals surface area (Å²) in [5.74, 6) is -3.98. The summed E-state index contributed by atoms with van der Waals surface area (Å²) < 4.78 is 48.4. The number of rotatable bonds is 4. The fourth-order valence-electron chi connectivity index (χ4n) is 4.36. The zero-order chi connectivity index (χ0) is 26.8. The first-order valence-corrected chi connectivity index (χ1v) is 11.2. The second-order valence-electron chi connectivity index (χ2n) is 8.42. The predicted octanol–water partition coefficient (Wildman–Crippen LogP) is 3.91. The molecule has 2 aliphatic heterocycles. The molecular formula is C26H24F3N5O3. The molecular weight excluding hydrogens is 487 g/mol. The molecule has 1 atom stereocenters. The molecule has 0 saturated heterocycles. The van der Waals surface area contributed by atoms with Gasteiger partial charge >= 0.3 is 0 Å². The Bertz CT molecular complexity index is 1380. The molecule has 11 heteroatoms. The number of fused-ring (bicyclic) bond motifs is 1. The van der Waals surface area contributed by atoms with Crippen LogP contribution in [0.3, 0.4) is 0 Å². The largest absolute Gasteiger partial charge is 0.494 e. The highest BCUT2D eigenvalue weighted by Gasteiger charge is 2.53. The topological polar surface area (TPSA) is 113 Å². The molecule has 0 bridgehead atoms. The summed E-state index contributed by atoms with van der Waals surface area (Å²) in [4.78, 5) is 23.2. The molecule has 1 aromatic heterocycles. The number of guanidine groups is 1. The lowest BCUT2D eigenvalue weighted by Crippen LogP contribution is -2.53. The van der Waals surface area contributed by atoms with Crippen molar-refractivity contribution in [3.8, 4) is 16.9 Å². The number of carboxylic acid groups (broad SMARTS) is 1. The third-order valence-corrected chi connectivity index (χ3v) is 5.86. The van der Waals surface area contributed by atoms with E-state index in [4.69, 9.17) is 20.4 Å². The number of benzene rings is 2. The Hall–Kier alpha value is -4.41. The molecule has 8 nitrogen and oxygen atoms in total. The number of hydrogen-bond donors (Lipinski definition) is 2. The number of hydrogen-bond acceptors (Lipinski definition) is 7. The van der Waals surface area contributed by atoms with Crippen LogP contribution in [0.15, 0.2) is 77.0 Å². The number of carboxylic acids is 1. The van der Waals surface area contributed by atoms with Crippen LogP contribution in [0, 0.1) is 5.82 Å². The standard InChI is InChI=1S/C24H20F3N5O.C2H4O2/c1-33-19-7-3-6-18(20(19)25)15-4-2-5-17(12-15)24(16-8-10-29-11-9-16)21-30-13-23(26,27)14-32(21)22(28)31-24;1-2(3)4/h2-12H,13-14H2,1H3,(H2,28,31);1H3,(H,3,4). The van der Waals surface area contributed by atoms with E-state index in [-0.39, 0.29) is 11.7 Å². The molecule has 0 fully saturated rings. The zero-order valence-electron chi connectivity index (χ0n) is 20.0. The molecule has 0 saturated carbocycles. The summed E-state index contributed by atoms with van der Waals surface area (Å²) in [5, 5.41) is 7.42. The first-order valence-electron chi connectivity index (χ1n) is 11.2. The van der Waals surface area contributed by atoms with Gasteiger partial charge in [-0.05, 0) is 41.0 Å². The van der Waals surface area contributed by atoms with Gasteiger partial charge in [-0.3, -0.25) is 19.7 Å². The lowest BCUT2D eigenvalue weighted by molar-refractivity contribution is -0.134. The van der Waals surface area contributed by atoms with Crippen LogP contribution in [0.1, 0.15) is 18.1 Å². The van der Waals surface area contributed by atoms with Crippen molar-refractivity contribution in [1.82, 2.24) is 9.88 Å². The van der Waals surface area contributed by atoms with Gasteiger partial charge in [0.15, 0.2) is 23.1 Å². The Balaban J connectivity index is 0.000000747. The lowest BCUT2D eigenvalue weighted by Gasteiger charge is -2.35. The van der Waals surface area contributed by atoms with Crippen molar-refractivity contribution in [3.63, 3.8) is 0 Å². The number of nitrogens with two attached hydrogens (primary N) is 1. The van der Waals surface area contributed by atoms with Crippen molar-refractivity contribution in [2.45, 2.75) is 18.4 Å². The number of aliphatic imine (C=N–C) groups is 2. The maximum Gasteiger partial charge on any atom is 0.300 e. The van der Waals surface area contributed by atoms with Gasteiger partial charge in [-0.2, -0.15) is 0 Å². The maximum atomic E-state index is 15.0. The maximum absolute atomic E-state index is 15.0. The van der Waals surface area contributed by atoms with Gasteiger partial charge in [0.25, 0.3) is 11.9 Å². The van der Waals surface area contributed by atoms with E-state index in [1.165, 1.54) is 18.1 Å². The fraction of sp³-hybridized carbons (Fsp3) is 0.231. The summed E-state index contributed by atoms with van der Waals surface area (Å²) in [6.07, 6.45) is 3.18. The number of methoxy groups -OCH3 is 1. The van der Waals surface area contributed by atoms with Gasteiger partial charge in [-0.25, -0.2) is 18.2 Å². The van der Waals surface area contributed by atoms with E-state index >= 15 is 4.39 Å². The molecule has 5 rings (SSSR count). The van der Waals surface area contributed by atoms with E-state index in [9.17, 15) is 8.78 Å². The number of alkyl halides is 2. The molecule has 3 aromatic rings. The zero-order valence-corrected chi connectivity index (χ0v) is 20.0. The van der Waals surface area contributed by atoms with Gasteiger partial charge in [0.1, 0.15) is 12.4 Å². The SMILES string of the molecule is CC(=O)O.COc1cccc(-c2cccc(C3(c4ccncc4)N=C(N)N4CC(F)(F)CN=C43)c2)c1F. The van der Waals surface area contributed by atoms with E-state index in [0.29, 0.717) is 28.1 Å². The number of aromatic nitrogens is 1. The van der Waals surface area contributed by atoms with Crippen molar-refractivity contribution in [1.29, 1.82) is 0 Å². The average molecular weight is 512 g/mol. The number of pyridine rings is 1. The smallest absolute Gasteiger partial charge is 0.300 e. The summed E-state index contributed by atoms with van der Waals surface area (Å²) in [7, 11) is 1.40. The average Bonchev–Trinajstić information content (AvgIpc) is 3.16. The van der Waals surface area contributed by atoms with Gasteiger partial charge in [0, 0.05) is 24.9 Å². The quantitative estimate of drug-likeness (QED) is 0.549. The minimum atomic E-state index is -3.02. The van der Waals surface area contributed by atoms with E-state index < -0.39 is 36.3 Å². The Labute approximate surface area is 211 Å². The molecule has 192 valence electrons. The Kier molecular flexibility index (Phi) is 6.88. The molecule has 1 unspecified atom stereocenters. The molecule has 3 N–H and O–H groups in total. The third kappa shape index (κ3) is 4.84. The summed E-state index contributed by atoms with van der Waals surface area (Å²) in [6, 6.07) is 15.5. The fourth-order valence-corrected chi connectivity index (χ4v) is 4.36. The summed E-state index contributed by atoms with van der Waals surface area (Å²) >= 11 is 0. The van der Waals surface area contributed by atoms with Crippen LogP contribution in [0.2, 0.25) is 0 Å². The Morgan fingerprint density at radius 2 is 1.78 bits per heavy atom. The third-order valence-electron chi connectivity index (χ3n) is 5.86. The molecule has 0 spiro atoms. The van der Waals surface area contributed by atoms with E-state index in [1.807, 2.05) is 0 Å². The van der Waals surface area contributed by atoms with Crippen LogP contribution in [0.5, 0.6) is 5.75 Å². The highest BCUT2D eigenvalue weighted by molar-refractivity contribution is 6.12. The molecule has 3 heterocycles. The second kappa shape index (κ2) is 9.92. The summed E-state index contributed by atoms with van der Waals surface area (Å²) in [5.41, 5.74) is 7.06. The highest BCUT2D eigenvalue weighted by Crippen LogP contribution is 2.44. The number of halogens is 3. The van der Waals surface area contributed by atoms with Crippen LogP contribution in [0.25, 0.3) is 11.1 Å². The van der Waals surface area contributed by atoms with Crippen molar-refractivity contribution in [2.24, 2.45) is 15.7 Å². The number of ether oxygens (including phenoxy) is 1. The van der Waals surface area contributed by atoms with E-state index in [1.54, 1.807) is 60.9 Å². The highest BCUT2D eigenvalue weighted by atomic mass is 19.3. The molecule has 2 aromatic carbocycles. The predicted molar refractivity (Wildman–Crippen MR) is 132 cm³/mol. The number of nitrogens with zero attached hydrogens (tertiary/aromatic N) is 4. The van der Waals surface area contributed by atoms with Crippen LogP contribution in [-0.4, -0.2) is 58.9 Å².